The average Bonchev–Trinajstić information content (AvgIpc) is 3.55. The summed E-state index contributed by atoms with van der Waals surface area (Å²) < 4.78 is 41.9. The van der Waals surface area contributed by atoms with Crippen LogP contribution in [-0.4, -0.2) is 43.3 Å². The fourth-order valence-corrected chi connectivity index (χ4v) is 6.53. The normalized spacial score (nSPS) is 21.6. The first-order valence-electron chi connectivity index (χ1n) is 12.4. The van der Waals surface area contributed by atoms with E-state index in [-0.39, 0.29) is 11.3 Å². The van der Waals surface area contributed by atoms with Crippen molar-refractivity contribution in [2.45, 2.75) is 56.7 Å². The molecule has 37 heavy (non-hydrogen) atoms. The van der Waals surface area contributed by atoms with E-state index < -0.39 is 23.5 Å². The Hall–Kier alpha value is -3.16. The molecule has 7 rings (SSSR count). The van der Waals surface area contributed by atoms with Gasteiger partial charge in [0.15, 0.2) is 11.6 Å². The van der Waals surface area contributed by atoms with Crippen molar-refractivity contribution in [2.75, 3.05) is 18.0 Å². The standard InChI is InChI=1S/C26H23ClF3N7/c27-17-1-3-19-15(7-17)10-36(26(12-31)5-6-26)11-21-33-34-24(37(19)21)16-8-25(9-16)13-35(14-25)20-4-2-18(28)22(32-20)23(29)30/h1-4,7,16,23H,5-6,8-11,13-14H2. The second kappa shape index (κ2) is 7.92. The van der Waals surface area contributed by atoms with Gasteiger partial charge in [0.1, 0.15) is 22.9 Å². The predicted molar refractivity (Wildman–Crippen MR) is 129 cm³/mol. The maximum absolute atomic E-state index is 13.6. The zero-order chi connectivity index (χ0) is 25.5. The van der Waals surface area contributed by atoms with Crippen molar-refractivity contribution in [1.82, 2.24) is 24.6 Å². The van der Waals surface area contributed by atoms with Crippen molar-refractivity contribution in [1.29, 1.82) is 5.26 Å². The average molecular weight is 526 g/mol. The maximum Gasteiger partial charge on any atom is 0.283 e. The van der Waals surface area contributed by atoms with Crippen molar-refractivity contribution in [3.63, 3.8) is 0 Å². The second-order valence-electron chi connectivity index (χ2n) is 10.9. The number of hydrogen-bond acceptors (Lipinski definition) is 6. The minimum atomic E-state index is -2.94. The fourth-order valence-electron chi connectivity index (χ4n) is 6.34. The molecule has 2 aliphatic heterocycles. The van der Waals surface area contributed by atoms with Crippen LogP contribution in [0.3, 0.4) is 0 Å². The first-order valence-corrected chi connectivity index (χ1v) is 12.8. The molecule has 0 unspecified atom stereocenters. The molecule has 3 aromatic rings. The third-order valence-corrected chi connectivity index (χ3v) is 8.67. The molecule has 1 aromatic carbocycles. The summed E-state index contributed by atoms with van der Waals surface area (Å²) in [4.78, 5) is 7.98. The zero-order valence-electron chi connectivity index (χ0n) is 19.8. The van der Waals surface area contributed by atoms with Crippen LogP contribution >= 0.6 is 11.6 Å². The molecule has 2 saturated carbocycles. The molecule has 3 fully saturated rings. The van der Waals surface area contributed by atoms with Gasteiger partial charge >= 0.3 is 0 Å². The maximum atomic E-state index is 13.6. The van der Waals surface area contributed by atoms with E-state index in [1.807, 2.05) is 23.1 Å². The van der Waals surface area contributed by atoms with E-state index in [1.165, 1.54) is 6.07 Å². The summed E-state index contributed by atoms with van der Waals surface area (Å²) in [5.41, 5.74) is 0.872. The number of rotatable bonds is 4. The number of hydrogen-bond donors (Lipinski definition) is 0. The summed E-state index contributed by atoms with van der Waals surface area (Å²) in [6.45, 7) is 2.55. The van der Waals surface area contributed by atoms with Crippen molar-refractivity contribution in [2.24, 2.45) is 5.41 Å². The Morgan fingerprint density at radius 2 is 1.86 bits per heavy atom. The summed E-state index contributed by atoms with van der Waals surface area (Å²) in [6, 6.07) is 10.9. The van der Waals surface area contributed by atoms with Crippen molar-refractivity contribution >= 4 is 17.4 Å². The van der Waals surface area contributed by atoms with E-state index in [9.17, 15) is 18.4 Å². The van der Waals surface area contributed by atoms with E-state index >= 15 is 0 Å². The lowest BCUT2D eigenvalue weighted by Gasteiger charge is -2.59. The quantitative estimate of drug-likeness (QED) is 0.469. The minimum Gasteiger partial charge on any atom is -0.355 e. The van der Waals surface area contributed by atoms with Crippen LogP contribution in [0.5, 0.6) is 0 Å². The van der Waals surface area contributed by atoms with Crippen LogP contribution in [0.25, 0.3) is 5.69 Å². The van der Waals surface area contributed by atoms with Crippen LogP contribution in [0.4, 0.5) is 19.0 Å². The Kier molecular flexibility index (Phi) is 4.92. The third kappa shape index (κ3) is 3.55. The lowest BCUT2D eigenvalue weighted by Crippen LogP contribution is -2.62. The molecule has 0 bridgehead atoms. The topological polar surface area (TPSA) is 73.9 Å². The molecule has 0 N–H and O–H groups in total. The van der Waals surface area contributed by atoms with Crippen LogP contribution in [0.15, 0.2) is 30.3 Å². The molecule has 4 aliphatic rings. The highest BCUT2D eigenvalue weighted by atomic mass is 35.5. The first kappa shape index (κ1) is 23.0. The molecule has 2 aromatic heterocycles. The highest BCUT2D eigenvalue weighted by Crippen LogP contribution is 2.57. The molecule has 0 amide bonds. The highest BCUT2D eigenvalue weighted by Gasteiger charge is 2.55. The molecule has 1 saturated heterocycles. The van der Waals surface area contributed by atoms with Gasteiger partial charge in [-0.1, -0.05) is 11.6 Å². The van der Waals surface area contributed by atoms with Crippen molar-refractivity contribution in [3.05, 3.63) is 64.1 Å². The Morgan fingerprint density at radius 1 is 1.08 bits per heavy atom. The van der Waals surface area contributed by atoms with Crippen LogP contribution < -0.4 is 4.90 Å². The minimum absolute atomic E-state index is 0.0661. The van der Waals surface area contributed by atoms with Crippen LogP contribution in [0.2, 0.25) is 5.02 Å². The van der Waals surface area contributed by atoms with Gasteiger partial charge in [-0.15, -0.1) is 10.2 Å². The van der Waals surface area contributed by atoms with Crippen LogP contribution in [0, 0.1) is 22.6 Å². The molecule has 4 heterocycles. The van der Waals surface area contributed by atoms with E-state index in [0.717, 1.165) is 54.6 Å². The summed E-state index contributed by atoms with van der Waals surface area (Å²) in [6.07, 6.45) is 0.565. The number of halogens is 4. The van der Waals surface area contributed by atoms with Crippen LogP contribution in [-0.2, 0) is 13.1 Å². The SMILES string of the molecule is N#CC1(N2Cc3cc(Cl)ccc3-n3c(nnc3C3CC4(C3)CN(c3ccc(F)c(C(F)F)n3)C4)C2)CC1. The van der Waals surface area contributed by atoms with Crippen molar-refractivity contribution < 1.29 is 13.2 Å². The number of aromatic nitrogens is 4. The van der Waals surface area contributed by atoms with Gasteiger partial charge in [-0.05, 0) is 61.6 Å². The molecule has 1 spiro atoms. The summed E-state index contributed by atoms with van der Waals surface area (Å²) in [5.74, 6) is 1.35. The monoisotopic (exact) mass is 525 g/mol. The Morgan fingerprint density at radius 3 is 2.57 bits per heavy atom. The summed E-state index contributed by atoms with van der Waals surface area (Å²) in [5, 5.41) is 19.6. The summed E-state index contributed by atoms with van der Waals surface area (Å²) >= 11 is 6.35. The first-order chi connectivity index (χ1) is 17.8. The number of benzene rings is 1. The molecule has 7 nitrogen and oxygen atoms in total. The molecular formula is C26H23ClF3N7. The lowest BCUT2D eigenvalue weighted by atomic mass is 9.57. The van der Waals surface area contributed by atoms with Gasteiger partial charge in [-0.25, -0.2) is 18.2 Å². The number of nitriles is 1. The van der Waals surface area contributed by atoms with Gasteiger partial charge in [0, 0.05) is 36.0 Å². The van der Waals surface area contributed by atoms with E-state index in [0.29, 0.717) is 37.0 Å². The van der Waals surface area contributed by atoms with Crippen molar-refractivity contribution in [3.8, 4) is 11.8 Å². The van der Waals surface area contributed by atoms with E-state index in [2.05, 4.69) is 30.7 Å². The number of pyridine rings is 1. The highest BCUT2D eigenvalue weighted by molar-refractivity contribution is 6.30. The number of anilines is 1. The predicted octanol–water partition coefficient (Wildman–Crippen LogP) is 5.15. The summed E-state index contributed by atoms with van der Waals surface area (Å²) in [7, 11) is 0. The molecule has 190 valence electrons. The lowest BCUT2D eigenvalue weighted by molar-refractivity contribution is 0.0579. The molecule has 11 heteroatoms. The third-order valence-electron chi connectivity index (χ3n) is 8.43. The van der Waals surface area contributed by atoms with Gasteiger partial charge in [0.2, 0.25) is 0 Å². The Bertz CT molecular complexity index is 1450. The van der Waals surface area contributed by atoms with Gasteiger partial charge < -0.3 is 4.90 Å². The molecule has 0 atom stereocenters. The molecular weight excluding hydrogens is 503 g/mol. The van der Waals surface area contributed by atoms with Gasteiger partial charge in [-0.3, -0.25) is 9.47 Å². The zero-order valence-corrected chi connectivity index (χ0v) is 20.6. The molecule has 2 aliphatic carbocycles. The van der Waals surface area contributed by atoms with E-state index in [4.69, 9.17) is 11.6 Å². The van der Waals surface area contributed by atoms with Gasteiger partial charge in [0.05, 0.1) is 18.3 Å². The van der Waals surface area contributed by atoms with Crippen LogP contribution in [0.1, 0.15) is 60.9 Å². The number of fused-ring (bicyclic) bond motifs is 3. The smallest absolute Gasteiger partial charge is 0.283 e. The fraction of sp³-hybridized carbons (Fsp3) is 0.462. The number of alkyl halides is 2. The largest absolute Gasteiger partial charge is 0.355 e. The number of nitrogens with zero attached hydrogens (tertiary/aromatic N) is 7. The van der Waals surface area contributed by atoms with Gasteiger partial charge in [-0.2, -0.15) is 5.26 Å². The second-order valence-corrected chi connectivity index (χ2v) is 11.3. The molecule has 0 radical (unpaired) electrons. The van der Waals surface area contributed by atoms with Gasteiger partial charge in [0.25, 0.3) is 6.43 Å². The Labute approximate surface area is 216 Å². The Balaban J connectivity index is 1.13. The van der Waals surface area contributed by atoms with E-state index in [1.54, 1.807) is 0 Å².